The quantitative estimate of drug-likeness (QED) is 0.329. The van der Waals surface area contributed by atoms with Crippen molar-refractivity contribution in [3.63, 3.8) is 0 Å². The van der Waals surface area contributed by atoms with E-state index >= 15 is 0 Å². The molecule has 1 aromatic heterocycles. The van der Waals surface area contributed by atoms with Crippen LogP contribution in [-0.2, 0) is 4.74 Å². The first-order valence-corrected chi connectivity index (χ1v) is 12.0. The van der Waals surface area contributed by atoms with Crippen LogP contribution in [0.5, 0.6) is 0 Å². The number of ether oxygens (including phenoxy) is 1. The Balaban J connectivity index is 0.00000385. The van der Waals surface area contributed by atoms with Crippen LogP contribution in [-0.4, -0.2) is 84.8 Å². The van der Waals surface area contributed by atoms with Crippen molar-refractivity contribution in [1.82, 2.24) is 20.1 Å². The van der Waals surface area contributed by atoms with Gasteiger partial charge in [0.15, 0.2) is 5.96 Å². The minimum atomic E-state index is -0.449. The Morgan fingerprint density at radius 1 is 1.18 bits per heavy atom. The molecule has 1 aromatic rings. The van der Waals surface area contributed by atoms with E-state index in [9.17, 15) is 4.79 Å². The van der Waals surface area contributed by atoms with Gasteiger partial charge in [0, 0.05) is 58.6 Å². The number of aromatic nitrogens is 1. The Morgan fingerprint density at radius 2 is 1.94 bits per heavy atom. The highest BCUT2D eigenvalue weighted by molar-refractivity contribution is 14.0. The third-order valence-corrected chi connectivity index (χ3v) is 5.86. The molecule has 0 saturated carbocycles. The first-order chi connectivity index (χ1) is 15.4. The van der Waals surface area contributed by atoms with Gasteiger partial charge in [-0.3, -0.25) is 4.99 Å². The first-order valence-electron chi connectivity index (χ1n) is 12.0. The van der Waals surface area contributed by atoms with Crippen LogP contribution in [0.25, 0.3) is 0 Å². The lowest BCUT2D eigenvalue weighted by Gasteiger charge is -2.37. The monoisotopic (exact) mass is 572 g/mol. The normalized spacial score (nSPS) is 19.7. The number of pyridine rings is 1. The van der Waals surface area contributed by atoms with Crippen molar-refractivity contribution < 1.29 is 9.53 Å². The molecule has 3 heterocycles. The smallest absolute Gasteiger partial charge is 0.410 e. The number of likely N-dealkylation sites (tertiary alicyclic amines) is 1. The summed E-state index contributed by atoms with van der Waals surface area (Å²) in [5.41, 5.74) is -0.449. The summed E-state index contributed by atoms with van der Waals surface area (Å²) in [6.45, 7) is 14.8. The second-order valence-corrected chi connectivity index (χ2v) is 9.62. The molecule has 2 saturated heterocycles. The molecule has 2 fully saturated rings. The van der Waals surface area contributed by atoms with E-state index in [1.165, 1.54) is 0 Å². The topological polar surface area (TPSA) is 73.3 Å². The Morgan fingerprint density at radius 3 is 2.58 bits per heavy atom. The molecule has 1 amide bonds. The van der Waals surface area contributed by atoms with Crippen LogP contribution in [0.15, 0.2) is 29.4 Å². The predicted octanol–water partition coefficient (Wildman–Crippen LogP) is 3.82. The highest BCUT2D eigenvalue weighted by Gasteiger charge is 2.27. The molecular weight excluding hydrogens is 531 g/mol. The van der Waals surface area contributed by atoms with Gasteiger partial charge in [-0.15, -0.1) is 24.0 Å². The average molecular weight is 573 g/mol. The fraction of sp³-hybridized carbons (Fsp3) is 0.708. The number of hydrogen-bond acceptors (Lipinski definition) is 5. The van der Waals surface area contributed by atoms with Crippen molar-refractivity contribution in [2.45, 2.75) is 52.6 Å². The molecule has 0 aliphatic carbocycles. The van der Waals surface area contributed by atoms with Crippen LogP contribution in [0.1, 0.15) is 47.0 Å². The average Bonchev–Trinajstić information content (AvgIpc) is 2.78. The first kappa shape index (κ1) is 27.5. The number of amides is 1. The minimum Gasteiger partial charge on any atom is -0.444 e. The van der Waals surface area contributed by atoms with E-state index in [-0.39, 0.29) is 30.1 Å². The zero-order valence-corrected chi connectivity index (χ0v) is 23.0. The second kappa shape index (κ2) is 13.2. The molecule has 0 radical (unpaired) electrons. The van der Waals surface area contributed by atoms with Gasteiger partial charge >= 0.3 is 6.09 Å². The van der Waals surface area contributed by atoms with Gasteiger partial charge in [-0.25, -0.2) is 9.78 Å². The van der Waals surface area contributed by atoms with Gasteiger partial charge in [-0.05, 0) is 65.0 Å². The number of carbonyl (C=O) groups excluding carboxylic acids is 1. The van der Waals surface area contributed by atoms with Crippen molar-refractivity contribution in [3.05, 3.63) is 24.4 Å². The molecule has 9 heteroatoms. The maximum Gasteiger partial charge on any atom is 0.410 e. The maximum absolute atomic E-state index is 12.4. The van der Waals surface area contributed by atoms with E-state index in [0.29, 0.717) is 5.92 Å². The molecule has 3 rings (SSSR count). The van der Waals surface area contributed by atoms with Crippen LogP contribution in [0.2, 0.25) is 0 Å². The number of hydrogen-bond donors (Lipinski definition) is 1. The summed E-state index contributed by atoms with van der Waals surface area (Å²) in [6.07, 6.45) is 4.83. The summed E-state index contributed by atoms with van der Waals surface area (Å²) in [7, 11) is 0. The van der Waals surface area contributed by atoms with Crippen LogP contribution in [0, 0.1) is 5.92 Å². The summed E-state index contributed by atoms with van der Waals surface area (Å²) in [5, 5.41) is 3.45. The van der Waals surface area contributed by atoms with Crippen molar-refractivity contribution >= 4 is 41.8 Å². The van der Waals surface area contributed by atoms with E-state index in [4.69, 9.17) is 9.73 Å². The van der Waals surface area contributed by atoms with E-state index in [2.05, 4.69) is 33.1 Å². The van der Waals surface area contributed by atoms with Gasteiger partial charge in [-0.2, -0.15) is 0 Å². The molecule has 186 valence electrons. The Kier molecular flexibility index (Phi) is 11.0. The molecule has 0 spiro atoms. The molecule has 0 bridgehead atoms. The molecule has 0 aromatic carbocycles. The number of piperazine rings is 1. The zero-order chi connectivity index (χ0) is 23.0. The zero-order valence-electron chi connectivity index (χ0n) is 20.6. The van der Waals surface area contributed by atoms with Crippen molar-refractivity contribution in [1.29, 1.82) is 0 Å². The number of carbonyl (C=O) groups is 1. The Hall–Kier alpha value is -1.78. The Labute approximate surface area is 216 Å². The van der Waals surface area contributed by atoms with Crippen molar-refractivity contribution in [2.24, 2.45) is 10.9 Å². The van der Waals surface area contributed by atoms with Crippen molar-refractivity contribution in [3.8, 4) is 0 Å². The molecule has 2 aliphatic rings. The lowest BCUT2D eigenvalue weighted by Crippen LogP contribution is -2.52. The standard InChI is InChI=1S/C24H40N6O2.HI/c1-5-25-22(29-17-15-28(16-18-29)21-10-6-7-12-26-21)27-13-11-20-9-8-14-30(19-20)23(31)32-24(2,3)4;/h6-7,10,12,20H,5,8-9,11,13-19H2,1-4H3,(H,25,27);1H. The fourth-order valence-electron chi connectivity index (χ4n) is 4.26. The Bertz CT molecular complexity index is 747. The predicted molar refractivity (Wildman–Crippen MR) is 145 cm³/mol. The molecule has 33 heavy (non-hydrogen) atoms. The number of halogens is 1. The third-order valence-electron chi connectivity index (χ3n) is 5.86. The van der Waals surface area contributed by atoms with Gasteiger partial charge in [0.05, 0.1) is 0 Å². The van der Waals surface area contributed by atoms with Gasteiger partial charge in [-0.1, -0.05) is 6.07 Å². The lowest BCUT2D eigenvalue weighted by molar-refractivity contribution is 0.0163. The van der Waals surface area contributed by atoms with Crippen LogP contribution in [0.4, 0.5) is 10.6 Å². The van der Waals surface area contributed by atoms with E-state index in [1.807, 2.05) is 44.0 Å². The molecule has 1 atom stereocenters. The molecule has 1 unspecified atom stereocenters. The molecule has 2 aliphatic heterocycles. The SMILES string of the molecule is CCNC(=NCCC1CCCN(C(=O)OC(C)(C)C)C1)N1CCN(c2ccccn2)CC1.I. The summed E-state index contributed by atoms with van der Waals surface area (Å²) in [4.78, 5) is 28.3. The fourth-order valence-corrected chi connectivity index (χ4v) is 4.26. The summed E-state index contributed by atoms with van der Waals surface area (Å²) >= 11 is 0. The van der Waals surface area contributed by atoms with Crippen molar-refractivity contribution in [2.75, 3.05) is 57.3 Å². The minimum absolute atomic E-state index is 0. The van der Waals surface area contributed by atoms with E-state index < -0.39 is 5.60 Å². The van der Waals surface area contributed by atoms with Crippen LogP contribution >= 0.6 is 24.0 Å². The summed E-state index contributed by atoms with van der Waals surface area (Å²) in [6, 6.07) is 6.06. The number of nitrogens with one attached hydrogen (secondary N) is 1. The number of nitrogens with zero attached hydrogens (tertiary/aromatic N) is 5. The van der Waals surface area contributed by atoms with Crippen LogP contribution in [0.3, 0.4) is 0 Å². The van der Waals surface area contributed by atoms with Crippen LogP contribution < -0.4 is 10.2 Å². The van der Waals surface area contributed by atoms with Gasteiger partial charge < -0.3 is 24.8 Å². The van der Waals surface area contributed by atoms with Gasteiger partial charge in [0.1, 0.15) is 11.4 Å². The number of guanidine groups is 1. The van der Waals surface area contributed by atoms with E-state index in [0.717, 1.165) is 83.4 Å². The largest absolute Gasteiger partial charge is 0.444 e. The van der Waals surface area contributed by atoms with E-state index in [1.54, 1.807) is 0 Å². The molecule has 1 N–H and O–H groups in total. The highest BCUT2D eigenvalue weighted by Crippen LogP contribution is 2.22. The summed E-state index contributed by atoms with van der Waals surface area (Å²) in [5.74, 6) is 2.51. The highest BCUT2D eigenvalue weighted by atomic mass is 127. The summed E-state index contributed by atoms with van der Waals surface area (Å²) < 4.78 is 5.55. The number of anilines is 1. The van der Waals surface area contributed by atoms with Gasteiger partial charge in [0.2, 0.25) is 0 Å². The second-order valence-electron chi connectivity index (χ2n) is 9.62. The van der Waals surface area contributed by atoms with Gasteiger partial charge in [0.25, 0.3) is 0 Å². The number of rotatable bonds is 5. The number of aliphatic imine (C=N–C) groups is 1. The molecular formula is C24H41IN6O2. The molecule has 8 nitrogen and oxygen atoms in total. The maximum atomic E-state index is 12.4. The lowest BCUT2D eigenvalue weighted by atomic mass is 9.95. The number of piperidine rings is 1. The third kappa shape index (κ3) is 8.83.